The van der Waals surface area contributed by atoms with E-state index in [1.807, 2.05) is 48.5 Å². The Morgan fingerprint density at radius 2 is 1.80 bits per heavy atom. The minimum Gasteiger partial charge on any atom is -0.444 e. The third-order valence-corrected chi connectivity index (χ3v) is 2.91. The third kappa shape index (κ3) is 8.00. The number of carbonyl (C=O) groups excluding carboxylic acids is 1. The largest absolute Gasteiger partial charge is 0.444 e. The molecule has 2 N–H and O–H groups in total. The van der Waals surface area contributed by atoms with Gasteiger partial charge in [0, 0.05) is 18.6 Å². The van der Waals surface area contributed by atoms with Gasteiger partial charge in [0.1, 0.15) is 5.60 Å². The quantitative estimate of drug-likeness (QED) is 0.786. The van der Waals surface area contributed by atoms with Gasteiger partial charge in [-0.1, -0.05) is 13.8 Å². The number of alkyl carbamates (subject to hydrolysis) is 1. The van der Waals surface area contributed by atoms with Crippen LogP contribution in [-0.4, -0.2) is 30.3 Å². The number of amides is 1. The van der Waals surface area contributed by atoms with Crippen molar-refractivity contribution in [2.45, 2.75) is 66.2 Å². The van der Waals surface area contributed by atoms with Crippen LogP contribution in [0.2, 0.25) is 0 Å². The van der Waals surface area contributed by atoms with E-state index in [1.165, 1.54) is 0 Å². The van der Waals surface area contributed by atoms with E-state index in [4.69, 9.17) is 10.00 Å². The molecule has 0 heterocycles. The van der Waals surface area contributed by atoms with Crippen LogP contribution >= 0.6 is 0 Å². The SMILES string of the molecule is CC(C#N)CNC(C)C(NC(=O)OC(C)(C)C)C(C)C. The Morgan fingerprint density at radius 1 is 1.25 bits per heavy atom. The van der Waals surface area contributed by atoms with E-state index in [0.29, 0.717) is 6.54 Å². The zero-order valence-corrected chi connectivity index (χ0v) is 13.8. The first-order valence-corrected chi connectivity index (χ1v) is 7.19. The number of rotatable bonds is 6. The van der Waals surface area contributed by atoms with Crippen molar-refractivity contribution in [1.29, 1.82) is 5.26 Å². The Kier molecular flexibility index (Phi) is 7.59. The molecule has 0 saturated heterocycles. The second kappa shape index (κ2) is 8.11. The molecule has 20 heavy (non-hydrogen) atoms. The van der Waals surface area contributed by atoms with E-state index in [0.717, 1.165) is 0 Å². The van der Waals surface area contributed by atoms with Crippen molar-refractivity contribution in [3.05, 3.63) is 0 Å². The lowest BCUT2D eigenvalue weighted by Gasteiger charge is -2.30. The van der Waals surface area contributed by atoms with Gasteiger partial charge in [-0.2, -0.15) is 5.26 Å². The first-order chi connectivity index (χ1) is 9.06. The van der Waals surface area contributed by atoms with Crippen molar-refractivity contribution in [1.82, 2.24) is 10.6 Å². The number of carbonyl (C=O) groups is 1. The van der Waals surface area contributed by atoms with Crippen molar-refractivity contribution >= 4 is 6.09 Å². The van der Waals surface area contributed by atoms with Gasteiger partial charge in [-0.15, -0.1) is 0 Å². The van der Waals surface area contributed by atoms with E-state index in [-0.39, 0.29) is 23.9 Å². The molecule has 0 fully saturated rings. The fourth-order valence-electron chi connectivity index (χ4n) is 1.85. The van der Waals surface area contributed by atoms with Gasteiger partial charge in [0.25, 0.3) is 0 Å². The first-order valence-electron chi connectivity index (χ1n) is 7.19. The van der Waals surface area contributed by atoms with Crippen LogP contribution in [0.1, 0.15) is 48.5 Å². The highest BCUT2D eigenvalue weighted by Gasteiger charge is 2.25. The fraction of sp³-hybridized carbons (Fsp3) is 0.867. The minimum absolute atomic E-state index is 0.0456. The summed E-state index contributed by atoms with van der Waals surface area (Å²) in [6.07, 6.45) is -0.404. The summed E-state index contributed by atoms with van der Waals surface area (Å²) in [5.41, 5.74) is -0.502. The molecule has 0 aliphatic heterocycles. The maximum absolute atomic E-state index is 11.9. The van der Waals surface area contributed by atoms with Crippen LogP contribution in [0.25, 0.3) is 0 Å². The lowest BCUT2D eigenvalue weighted by atomic mass is 9.97. The van der Waals surface area contributed by atoms with Crippen LogP contribution in [0.15, 0.2) is 0 Å². The molecule has 0 aliphatic rings. The summed E-state index contributed by atoms with van der Waals surface area (Å²) in [6.45, 7) is 14.1. The molecule has 5 heteroatoms. The van der Waals surface area contributed by atoms with Crippen molar-refractivity contribution < 1.29 is 9.53 Å². The first kappa shape index (κ1) is 18.7. The highest BCUT2D eigenvalue weighted by atomic mass is 16.6. The monoisotopic (exact) mass is 283 g/mol. The maximum Gasteiger partial charge on any atom is 0.407 e. The lowest BCUT2D eigenvalue weighted by Crippen LogP contribution is -2.52. The van der Waals surface area contributed by atoms with E-state index in [2.05, 4.69) is 16.7 Å². The predicted octanol–water partition coefficient (Wildman–Crippen LogP) is 2.67. The second-order valence-corrected chi connectivity index (χ2v) is 6.64. The highest BCUT2D eigenvalue weighted by molar-refractivity contribution is 5.68. The predicted molar refractivity (Wildman–Crippen MR) is 80.2 cm³/mol. The fourth-order valence-corrected chi connectivity index (χ4v) is 1.85. The van der Waals surface area contributed by atoms with Crippen LogP contribution in [-0.2, 0) is 4.74 Å². The summed E-state index contributed by atoms with van der Waals surface area (Å²) in [7, 11) is 0. The molecular weight excluding hydrogens is 254 g/mol. The molecule has 0 aromatic carbocycles. The summed E-state index contributed by atoms with van der Waals surface area (Å²) < 4.78 is 5.29. The molecule has 0 aliphatic carbocycles. The lowest BCUT2D eigenvalue weighted by molar-refractivity contribution is 0.0477. The number of nitrogens with zero attached hydrogens (tertiary/aromatic N) is 1. The molecule has 116 valence electrons. The topological polar surface area (TPSA) is 74.2 Å². The molecule has 0 spiro atoms. The molecule has 0 aromatic rings. The Labute approximate surface area is 123 Å². The summed E-state index contributed by atoms with van der Waals surface area (Å²) in [5, 5.41) is 15.0. The van der Waals surface area contributed by atoms with Crippen molar-refractivity contribution in [3.63, 3.8) is 0 Å². The summed E-state index contributed by atoms with van der Waals surface area (Å²) >= 11 is 0. The van der Waals surface area contributed by atoms with Crippen LogP contribution in [0.4, 0.5) is 4.79 Å². The van der Waals surface area contributed by atoms with E-state index < -0.39 is 11.7 Å². The summed E-state index contributed by atoms with van der Waals surface area (Å²) in [5.74, 6) is 0.217. The van der Waals surface area contributed by atoms with Crippen molar-refractivity contribution in [3.8, 4) is 6.07 Å². The normalized spacial score (nSPS) is 16.1. The molecule has 3 atom stereocenters. The molecule has 0 bridgehead atoms. The molecule has 0 radical (unpaired) electrons. The summed E-state index contributed by atoms with van der Waals surface area (Å²) in [6, 6.07) is 2.21. The van der Waals surface area contributed by atoms with E-state index in [9.17, 15) is 4.79 Å². The number of nitrogens with one attached hydrogen (secondary N) is 2. The maximum atomic E-state index is 11.9. The molecule has 3 unspecified atom stereocenters. The Balaban J connectivity index is 4.50. The third-order valence-electron chi connectivity index (χ3n) is 2.91. The molecule has 1 amide bonds. The van der Waals surface area contributed by atoms with Gasteiger partial charge in [0.05, 0.1) is 12.0 Å². The average molecular weight is 283 g/mol. The van der Waals surface area contributed by atoms with Gasteiger partial charge in [-0.3, -0.25) is 0 Å². The minimum atomic E-state index is -0.502. The molecule has 5 nitrogen and oxygen atoms in total. The smallest absolute Gasteiger partial charge is 0.407 e. The van der Waals surface area contributed by atoms with Crippen LogP contribution < -0.4 is 10.6 Å². The van der Waals surface area contributed by atoms with E-state index >= 15 is 0 Å². The van der Waals surface area contributed by atoms with Gasteiger partial charge < -0.3 is 15.4 Å². The number of ether oxygens (including phenoxy) is 1. The Bertz CT molecular complexity index is 342. The Morgan fingerprint density at radius 3 is 2.20 bits per heavy atom. The van der Waals surface area contributed by atoms with Crippen LogP contribution in [0, 0.1) is 23.2 Å². The molecular formula is C15H29N3O2. The number of hydrogen-bond donors (Lipinski definition) is 2. The zero-order valence-electron chi connectivity index (χ0n) is 13.8. The van der Waals surface area contributed by atoms with Gasteiger partial charge >= 0.3 is 6.09 Å². The highest BCUT2D eigenvalue weighted by Crippen LogP contribution is 2.11. The zero-order chi connectivity index (χ0) is 15.9. The van der Waals surface area contributed by atoms with Crippen molar-refractivity contribution in [2.75, 3.05) is 6.54 Å². The Hall–Kier alpha value is -1.28. The van der Waals surface area contributed by atoms with Gasteiger partial charge in [0.2, 0.25) is 0 Å². The van der Waals surface area contributed by atoms with Gasteiger partial charge in [0.15, 0.2) is 0 Å². The number of nitriles is 1. The second-order valence-electron chi connectivity index (χ2n) is 6.64. The van der Waals surface area contributed by atoms with Crippen LogP contribution in [0.3, 0.4) is 0 Å². The van der Waals surface area contributed by atoms with Gasteiger partial charge in [-0.05, 0) is 40.5 Å². The molecule has 0 rings (SSSR count). The summed E-state index contributed by atoms with van der Waals surface area (Å²) in [4.78, 5) is 11.9. The van der Waals surface area contributed by atoms with Crippen LogP contribution in [0.5, 0.6) is 0 Å². The average Bonchev–Trinajstić information content (AvgIpc) is 2.29. The standard InChI is InChI=1S/C15H29N3O2/c1-10(2)13(12(4)17-9-11(3)8-16)18-14(19)20-15(5,6)7/h10-13,17H,9H2,1-7H3,(H,18,19). The molecule has 0 aromatic heterocycles. The molecule has 0 saturated carbocycles. The van der Waals surface area contributed by atoms with Crippen molar-refractivity contribution in [2.24, 2.45) is 11.8 Å². The van der Waals surface area contributed by atoms with E-state index in [1.54, 1.807) is 0 Å². The number of hydrogen-bond acceptors (Lipinski definition) is 4. The van der Waals surface area contributed by atoms with Gasteiger partial charge in [-0.25, -0.2) is 4.79 Å².